The summed E-state index contributed by atoms with van der Waals surface area (Å²) in [5.41, 5.74) is 3.87. The first kappa shape index (κ1) is 17.9. The second kappa shape index (κ2) is 8.01. The van der Waals surface area contributed by atoms with E-state index < -0.39 is 0 Å². The number of ether oxygens (including phenoxy) is 1. The molecule has 0 aliphatic rings. The molecule has 0 radical (unpaired) electrons. The zero-order valence-electron chi connectivity index (χ0n) is 15.9. The van der Waals surface area contributed by atoms with E-state index in [0.29, 0.717) is 11.8 Å². The lowest BCUT2D eigenvalue weighted by atomic mass is 10.1. The molecule has 4 aromatic rings. The maximum absolute atomic E-state index is 6.15. The summed E-state index contributed by atoms with van der Waals surface area (Å²) in [5, 5.41) is 3.48. The molecule has 1 unspecified atom stereocenters. The van der Waals surface area contributed by atoms with Crippen LogP contribution in [0.5, 0.6) is 5.75 Å². The lowest BCUT2D eigenvalue weighted by molar-refractivity contribution is 0.415. The highest BCUT2D eigenvalue weighted by Gasteiger charge is 2.18. The normalized spacial score (nSPS) is 11.8. The van der Waals surface area contributed by atoms with Crippen molar-refractivity contribution in [2.24, 2.45) is 0 Å². The molecule has 0 amide bonds. The Morgan fingerprint density at radius 2 is 1.46 bits per heavy atom. The number of nitrogens with zero attached hydrogens (tertiary/aromatic N) is 1. The van der Waals surface area contributed by atoms with E-state index in [1.54, 1.807) is 7.11 Å². The molecular formula is C24H22N2O2. The van der Waals surface area contributed by atoms with Crippen molar-refractivity contribution in [2.45, 2.75) is 13.0 Å². The van der Waals surface area contributed by atoms with Crippen LogP contribution in [0.25, 0.3) is 22.7 Å². The van der Waals surface area contributed by atoms with Crippen LogP contribution in [0.3, 0.4) is 0 Å². The highest BCUT2D eigenvalue weighted by molar-refractivity contribution is 5.74. The second-order valence-corrected chi connectivity index (χ2v) is 6.57. The van der Waals surface area contributed by atoms with Crippen LogP contribution in [0, 0.1) is 0 Å². The Morgan fingerprint density at radius 3 is 2.11 bits per heavy atom. The highest BCUT2D eigenvalue weighted by Crippen LogP contribution is 2.35. The zero-order valence-corrected chi connectivity index (χ0v) is 15.9. The van der Waals surface area contributed by atoms with Gasteiger partial charge in [-0.15, -0.1) is 0 Å². The minimum atomic E-state index is 0.0785. The molecule has 4 heteroatoms. The minimum absolute atomic E-state index is 0.0785. The van der Waals surface area contributed by atoms with E-state index in [1.165, 1.54) is 5.56 Å². The van der Waals surface area contributed by atoms with Crippen LogP contribution < -0.4 is 10.1 Å². The first-order chi connectivity index (χ1) is 13.7. The van der Waals surface area contributed by atoms with E-state index in [4.69, 9.17) is 14.1 Å². The van der Waals surface area contributed by atoms with Crippen molar-refractivity contribution in [3.63, 3.8) is 0 Å². The van der Waals surface area contributed by atoms with Gasteiger partial charge in [0.1, 0.15) is 11.4 Å². The minimum Gasteiger partial charge on any atom is -0.497 e. The summed E-state index contributed by atoms with van der Waals surface area (Å²) in [6.45, 7) is 2.11. The summed E-state index contributed by atoms with van der Waals surface area (Å²) in [4.78, 5) is 4.78. The highest BCUT2D eigenvalue weighted by atomic mass is 16.5. The van der Waals surface area contributed by atoms with Gasteiger partial charge in [0, 0.05) is 11.1 Å². The van der Waals surface area contributed by atoms with Crippen molar-refractivity contribution in [3.05, 3.63) is 90.5 Å². The van der Waals surface area contributed by atoms with E-state index in [-0.39, 0.29) is 6.04 Å². The fraction of sp³-hybridized carbons (Fsp3) is 0.125. The Labute approximate surface area is 164 Å². The van der Waals surface area contributed by atoms with Gasteiger partial charge in [0.2, 0.25) is 11.8 Å². The third-order valence-electron chi connectivity index (χ3n) is 4.66. The molecule has 0 spiro atoms. The molecule has 0 saturated heterocycles. The average molecular weight is 370 g/mol. The number of hydrogen-bond donors (Lipinski definition) is 1. The molecule has 1 aromatic heterocycles. The average Bonchev–Trinajstić information content (AvgIpc) is 3.19. The molecule has 28 heavy (non-hydrogen) atoms. The van der Waals surface area contributed by atoms with Crippen molar-refractivity contribution in [1.29, 1.82) is 0 Å². The second-order valence-electron chi connectivity index (χ2n) is 6.57. The van der Waals surface area contributed by atoms with Crippen LogP contribution in [0.2, 0.25) is 0 Å². The zero-order chi connectivity index (χ0) is 19.3. The monoisotopic (exact) mass is 370 g/mol. The van der Waals surface area contributed by atoms with Gasteiger partial charge in [-0.2, -0.15) is 0 Å². The van der Waals surface area contributed by atoms with Gasteiger partial charge in [-0.1, -0.05) is 48.5 Å². The van der Waals surface area contributed by atoms with Crippen LogP contribution in [-0.4, -0.2) is 12.1 Å². The summed E-state index contributed by atoms with van der Waals surface area (Å²) in [6.07, 6.45) is 0. The fourth-order valence-electron chi connectivity index (χ4n) is 3.09. The van der Waals surface area contributed by atoms with Crippen molar-refractivity contribution in [2.75, 3.05) is 12.4 Å². The van der Waals surface area contributed by atoms with Gasteiger partial charge >= 0.3 is 0 Å². The first-order valence-corrected chi connectivity index (χ1v) is 9.27. The maximum Gasteiger partial charge on any atom is 0.229 e. The van der Waals surface area contributed by atoms with Crippen LogP contribution in [-0.2, 0) is 0 Å². The maximum atomic E-state index is 6.15. The quantitative estimate of drug-likeness (QED) is 0.439. The standard InChI is InChI=1S/C24H22N2O2/c1-17(18-9-5-3-6-10-18)25-24-22(19-13-15-21(27-2)16-14-19)26-23(28-24)20-11-7-4-8-12-20/h3-17,25H,1-2H3. The topological polar surface area (TPSA) is 47.3 Å². The van der Waals surface area contributed by atoms with Gasteiger partial charge in [0.05, 0.1) is 13.2 Å². The molecule has 0 saturated carbocycles. The molecular weight excluding hydrogens is 348 g/mol. The predicted molar refractivity (Wildman–Crippen MR) is 112 cm³/mol. The Kier molecular flexibility index (Phi) is 5.11. The van der Waals surface area contributed by atoms with Crippen LogP contribution >= 0.6 is 0 Å². The molecule has 0 bridgehead atoms. The third-order valence-corrected chi connectivity index (χ3v) is 4.66. The van der Waals surface area contributed by atoms with Crippen molar-refractivity contribution >= 4 is 5.88 Å². The van der Waals surface area contributed by atoms with Gasteiger partial charge in [0.15, 0.2) is 0 Å². The predicted octanol–water partition coefficient (Wildman–Crippen LogP) is 6.19. The third kappa shape index (κ3) is 3.76. The molecule has 1 heterocycles. The van der Waals surface area contributed by atoms with Gasteiger partial charge in [-0.25, -0.2) is 4.98 Å². The largest absolute Gasteiger partial charge is 0.497 e. The van der Waals surface area contributed by atoms with Crippen molar-refractivity contribution < 1.29 is 9.15 Å². The Morgan fingerprint density at radius 1 is 0.821 bits per heavy atom. The molecule has 1 atom stereocenters. The van der Waals surface area contributed by atoms with E-state index in [0.717, 1.165) is 22.6 Å². The molecule has 1 N–H and O–H groups in total. The number of nitrogens with one attached hydrogen (secondary N) is 1. The lowest BCUT2D eigenvalue weighted by Crippen LogP contribution is -2.06. The van der Waals surface area contributed by atoms with E-state index in [2.05, 4.69) is 24.4 Å². The summed E-state index contributed by atoms with van der Waals surface area (Å²) < 4.78 is 11.4. The van der Waals surface area contributed by atoms with Gasteiger partial charge < -0.3 is 14.5 Å². The number of aromatic nitrogens is 1. The molecule has 4 rings (SSSR count). The molecule has 4 nitrogen and oxygen atoms in total. The van der Waals surface area contributed by atoms with Crippen molar-refractivity contribution in [1.82, 2.24) is 4.98 Å². The number of methoxy groups -OCH3 is 1. The molecule has 0 aliphatic carbocycles. The van der Waals surface area contributed by atoms with Gasteiger partial charge in [-0.3, -0.25) is 0 Å². The van der Waals surface area contributed by atoms with E-state index >= 15 is 0 Å². The molecule has 140 valence electrons. The number of oxazole rings is 1. The molecule has 0 fully saturated rings. The van der Waals surface area contributed by atoms with Crippen LogP contribution in [0.15, 0.2) is 89.3 Å². The number of rotatable bonds is 6. The Bertz CT molecular complexity index is 1030. The molecule has 3 aromatic carbocycles. The lowest BCUT2D eigenvalue weighted by Gasteiger charge is -2.14. The van der Waals surface area contributed by atoms with Crippen LogP contribution in [0.4, 0.5) is 5.88 Å². The van der Waals surface area contributed by atoms with Gasteiger partial charge in [-0.05, 0) is 48.9 Å². The summed E-state index contributed by atoms with van der Waals surface area (Å²) in [7, 11) is 1.66. The summed E-state index contributed by atoms with van der Waals surface area (Å²) in [6, 6.07) is 28.1. The summed E-state index contributed by atoms with van der Waals surface area (Å²) in [5.74, 6) is 2.05. The number of anilines is 1. The van der Waals surface area contributed by atoms with Gasteiger partial charge in [0.25, 0.3) is 0 Å². The van der Waals surface area contributed by atoms with Crippen molar-refractivity contribution in [3.8, 4) is 28.5 Å². The smallest absolute Gasteiger partial charge is 0.229 e. The van der Waals surface area contributed by atoms with E-state index in [9.17, 15) is 0 Å². The molecule has 0 aliphatic heterocycles. The SMILES string of the molecule is COc1ccc(-c2nc(-c3ccccc3)oc2NC(C)c2ccccc2)cc1. The van der Waals surface area contributed by atoms with E-state index in [1.807, 2.05) is 72.8 Å². The Balaban J connectivity index is 1.73. The first-order valence-electron chi connectivity index (χ1n) is 9.27. The fourth-order valence-corrected chi connectivity index (χ4v) is 3.09. The Hall–Kier alpha value is -3.53. The van der Waals surface area contributed by atoms with Crippen LogP contribution in [0.1, 0.15) is 18.5 Å². The summed E-state index contributed by atoms with van der Waals surface area (Å²) >= 11 is 0. The number of hydrogen-bond acceptors (Lipinski definition) is 4. The number of benzene rings is 3.